The number of rotatable bonds is 14. The Balaban J connectivity index is 0. The van der Waals surface area contributed by atoms with Crippen molar-refractivity contribution in [3.63, 3.8) is 0 Å². The maximum absolute atomic E-state index is 8.16. The molecule has 2 atom stereocenters. The van der Waals surface area contributed by atoms with Crippen molar-refractivity contribution >= 4 is 0 Å². The van der Waals surface area contributed by atoms with Gasteiger partial charge in [-0.05, 0) is 13.8 Å². The Bertz CT molecular complexity index is 459. The minimum absolute atomic E-state index is 0.000874. The molecule has 0 aliphatic heterocycles. The van der Waals surface area contributed by atoms with E-state index in [0.717, 1.165) is 0 Å². The second kappa shape index (κ2) is 22.7. The van der Waals surface area contributed by atoms with E-state index in [1.807, 2.05) is 6.92 Å². The first-order valence-corrected chi connectivity index (χ1v) is 7.68. The summed E-state index contributed by atoms with van der Waals surface area (Å²) in [6.45, 7) is 23.7. The van der Waals surface area contributed by atoms with Gasteiger partial charge < -0.3 is 23.7 Å². The highest BCUT2D eigenvalue weighted by Gasteiger charge is 2.11. The molecular weight excluding hydrogens is 344 g/mol. The maximum Gasteiger partial charge on any atom is 0.322 e. The first-order valence-electron chi connectivity index (χ1n) is 7.68. The number of hydrogen-bond donors (Lipinski definition) is 0. The van der Waals surface area contributed by atoms with Crippen LogP contribution in [0.4, 0.5) is 0 Å². The van der Waals surface area contributed by atoms with E-state index in [0.29, 0.717) is 19.8 Å². The van der Waals surface area contributed by atoms with Gasteiger partial charge in [-0.25, -0.2) is 19.7 Å². The highest BCUT2D eigenvalue weighted by molar-refractivity contribution is 4.66. The average Bonchev–Trinajstić information content (AvgIpc) is 2.66. The molecule has 0 aromatic heterocycles. The zero-order chi connectivity index (χ0) is 19.9. The van der Waals surface area contributed by atoms with E-state index in [2.05, 4.69) is 14.5 Å². The second-order valence-electron chi connectivity index (χ2n) is 4.06. The minimum Gasteiger partial charge on any atom is -0.379 e. The summed E-state index contributed by atoms with van der Waals surface area (Å²) in [5.41, 5.74) is 0. The predicted octanol–water partition coefficient (Wildman–Crippen LogP) is 1.92. The first kappa shape index (κ1) is 26.0. The molecule has 0 saturated heterocycles. The Morgan fingerprint density at radius 2 is 1.42 bits per heavy atom. The van der Waals surface area contributed by atoms with Crippen molar-refractivity contribution in [1.29, 1.82) is 5.26 Å². The molecule has 0 N–H and O–H groups in total. The van der Waals surface area contributed by atoms with E-state index in [1.165, 1.54) is 0 Å². The highest BCUT2D eigenvalue weighted by atomic mass is 16.8. The molecule has 10 heteroatoms. The van der Waals surface area contributed by atoms with Crippen LogP contribution < -0.4 is 0 Å². The lowest BCUT2D eigenvalue weighted by Gasteiger charge is -2.12. The molecule has 0 rings (SSSR count). The molecule has 0 aromatic carbocycles. The van der Waals surface area contributed by atoms with Crippen LogP contribution in [0.2, 0.25) is 0 Å². The van der Waals surface area contributed by atoms with Crippen LogP contribution in [-0.4, -0.2) is 65.8 Å². The van der Waals surface area contributed by atoms with Gasteiger partial charge in [-0.3, -0.25) is 19.3 Å². The molecule has 0 radical (unpaired) electrons. The van der Waals surface area contributed by atoms with Crippen LogP contribution in [0.15, 0.2) is 0 Å². The molecule has 0 fully saturated rings. The van der Waals surface area contributed by atoms with Gasteiger partial charge in [-0.15, -0.1) is 0 Å². The van der Waals surface area contributed by atoms with Gasteiger partial charge in [-0.1, -0.05) is 0 Å². The zero-order valence-electron chi connectivity index (χ0n) is 15.0. The highest BCUT2D eigenvalue weighted by Crippen LogP contribution is 1.97. The van der Waals surface area contributed by atoms with Crippen LogP contribution in [0.25, 0.3) is 14.5 Å². The molecule has 0 saturated carbocycles. The summed E-state index contributed by atoms with van der Waals surface area (Å²) in [5.74, 6) is 0. The average molecular weight is 368 g/mol. The summed E-state index contributed by atoms with van der Waals surface area (Å²) in [6, 6.07) is 1.77. The SMILES string of the molecule is [C-]#[N+]COC(OCC)OCC#N.[C-]#[N+]COCC(COCC)OC[N+]#[C-]. The van der Waals surface area contributed by atoms with Gasteiger partial charge >= 0.3 is 20.2 Å². The largest absolute Gasteiger partial charge is 0.379 e. The van der Waals surface area contributed by atoms with Crippen molar-refractivity contribution in [1.82, 2.24) is 0 Å². The fraction of sp³-hybridized carbons (Fsp3) is 0.750. The van der Waals surface area contributed by atoms with Crippen molar-refractivity contribution < 1.29 is 28.4 Å². The third-order valence-corrected chi connectivity index (χ3v) is 2.20. The number of nitriles is 1. The van der Waals surface area contributed by atoms with Gasteiger partial charge in [-0.2, -0.15) is 5.26 Å². The molecular formula is C16H24N4O6. The van der Waals surface area contributed by atoms with E-state index >= 15 is 0 Å². The molecule has 0 spiro atoms. The Morgan fingerprint density at radius 1 is 0.808 bits per heavy atom. The molecule has 0 aliphatic rings. The van der Waals surface area contributed by atoms with Crippen LogP contribution in [0.3, 0.4) is 0 Å². The summed E-state index contributed by atoms with van der Waals surface area (Å²) in [5, 5.41) is 8.16. The van der Waals surface area contributed by atoms with Crippen LogP contribution in [0.5, 0.6) is 0 Å². The molecule has 0 amide bonds. The van der Waals surface area contributed by atoms with E-state index < -0.39 is 6.48 Å². The van der Waals surface area contributed by atoms with E-state index in [4.69, 9.17) is 53.4 Å². The molecule has 2 unspecified atom stereocenters. The lowest BCUT2D eigenvalue weighted by atomic mass is 10.4. The zero-order valence-corrected chi connectivity index (χ0v) is 15.0. The fourth-order valence-electron chi connectivity index (χ4n) is 1.25. The Morgan fingerprint density at radius 3 is 1.96 bits per heavy atom. The van der Waals surface area contributed by atoms with Gasteiger partial charge in [0.1, 0.15) is 12.7 Å². The maximum atomic E-state index is 8.16. The van der Waals surface area contributed by atoms with Gasteiger partial charge in [0.25, 0.3) is 6.48 Å². The molecule has 10 nitrogen and oxygen atoms in total. The second-order valence-corrected chi connectivity index (χ2v) is 4.06. The van der Waals surface area contributed by atoms with Crippen molar-refractivity contribution in [3.05, 3.63) is 34.3 Å². The quantitative estimate of drug-likeness (QED) is 0.263. The molecule has 0 aliphatic carbocycles. The van der Waals surface area contributed by atoms with Crippen LogP contribution in [0.1, 0.15) is 13.8 Å². The molecule has 0 heterocycles. The van der Waals surface area contributed by atoms with Gasteiger partial charge in [0.2, 0.25) is 0 Å². The van der Waals surface area contributed by atoms with Crippen molar-refractivity contribution in [3.8, 4) is 6.07 Å². The summed E-state index contributed by atoms with van der Waals surface area (Å²) >= 11 is 0. The fourth-order valence-corrected chi connectivity index (χ4v) is 1.25. The van der Waals surface area contributed by atoms with Crippen molar-refractivity contribution in [2.24, 2.45) is 0 Å². The topological polar surface area (TPSA) is 92.2 Å². The smallest absolute Gasteiger partial charge is 0.322 e. The summed E-state index contributed by atoms with van der Waals surface area (Å²) in [4.78, 5) is 9.06. The monoisotopic (exact) mass is 368 g/mol. The minimum atomic E-state index is -0.899. The van der Waals surface area contributed by atoms with Crippen molar-refractivity contribution in [2.45, 2.75) is 26.4 Å². The third-order valence-electron chi connectivity index (χ3n) is 2.20. The van der Waals surface area contributed by atoms with E-state index in [9.17, 15) is 0 Å². The van der Waals surface area contributed by atoms with E-state index in [1.54, 1.807) is 13.0 Å². The molecule has 0 aromatic rings. The van der Waals surface area contributed by atoms with Gasteiger partial charge in [0.15, 0.2) is 0 Å². The molecule has 26 heavy (non-hydrogen) atoms. The van der Waals surface area contributed by atoms with Crippen molar-refractivity contribution in [2.75, 3.05) is 53.2 Å². The Hall–Kier alpha value is -2.28. The Kier molecular flexibility index (Phi) is 22.7. The standard InChI is InChI=1S/C9H14N2O3.C7H10N2O3/c1-4-12-5-9(14-8-11-3)6-13-7-10-2;1-3-10-7(11-5-4-8)12-6-9-2/h9H,4-8H2,1H3;7H,3,5-6H2,1H3. The summed E-state index contributed by atoms with van der Waals surface area (Å²) < 4.78 is 29.7. The van der Waals surface area contributed by atoms with Crippen LogP contribution in [-0.2, 0) is 28.4 Å². The third kappa shape index (κ3) is 19.8. The van der Waals surface area contributed by atoms with Gasteiger partial charge in [0.05, 0.1) is 19.3 Å². The predicted molar refractivity (Wildman–Crippen MR) is 89.8 cm³/mol. The first-order chi connectivity index (χ1) is 12.7. The Labute approximate surface area is 154 Å². The van der Waals surface area contributed by atoms with Crippen LogP contribution in [0, 0.1) is 31.0 Å². The lowest BCUT2D eigenvalue weighted by Crippen LogP contribution is -2.25. The number of ether oxygens (including phenoxy) is 6. The van der Waals surface area contributed by atoms with Crippen LogP contribution >= 0.6 is 0 Å². The summed E-state index contributed by atoms with van der Waals surface area (Å²) in [7, 11) is 0. The summed E-state index contributed by atoms with van der Waals surface area (Å²) in [6.07, 6.45) is -0.259. The van der Waals surface area contributed by atoms with Gasteiger partial charge in [0, 0.05) is 13.2 Å². The lowest BCUT2D eigenvalue weighted by molar-refractivity contribution is -0.277. The molecule has 144 valence electrons. The van der Waals surface area contributed by atoms with E-state index in [-0.39, 0.29) is 39.5 Å². The number of nitrogens with zero attached hydrogens (tertiary/aromatic N) is 4. The number of hydrogen-bond acceptors (Lipinski definition) is 7. The molecule has 0 bridgehead atoms. The normalized spacial score (nSPS) is 11.6.